The van der Waals surface area contributed by atoms with Crippen molar-refractivity contribution in [2.75, 3.05) is 12.4 Å². The highest BCUT2D eigenvalue weighted by atomic mass is 16.5. The van der Waals surface area contributed by atoms with Gasteiger partial charge < -0.3 is 21.1 Å². The molecule has 0 aromatic heterocycles. The Kier molecular flexibility index (Phi) is 4.98. The molecule has 0 aliphatic heterocycles. The van der Waals surface area contributed by atoms with Gasteiger partial charge in [0.2, 0.25) is 0 Å². The molecule has 6 heteroatoms. The number of methoxy groups -OCH3 is 1. The highest BCUT2D eigenvalue weighted by Gasteiger charge is 2.06. The van der Waals surface area contributed by atoms with Crippen molar-refractivity contribution in [3.63, 3.8) is 0 Å². The lowest BCUT2D eigenvalue weighted by molar-refractivity contribution is 0.102. The summed E-state index contributed by atoms with van der Waals surface area (Å²) in [7, 11) is 1.57. The van der Waals surface area contributed by atoms with Crippen LogP contribution in [-0.4, -0.2) is 19.0 Å². The number of primary amides is 1. The molecule has 0 atom stereocenters. The van der Waals surface area contributed by atoms with E-state index in [-0.39, 0.29) is 5.91 Å². The number of hydrogen-bond acceptors (Lipinski definition) is 3. The molecule has 0 fully saturated rings. The van der Waals surface area contributed by atoms with Crippen molar-refractivity contribution in [3.8, 4) is 5.75 Å². The van der Waals surface area contributed by atoms with Gasteiger partial charge in [-0.2, -0.15) is 0 Å². The van der Waals surface area contributed by atoms with Crippen LogP contribution < -0.4 is 21.1 Å². The van der Waals surface area contributed by atoms with Crippen LogP contribution >= 0.6 is 0 Å². The summed E-state index contributed by atoms with van der Waals surface area (Å²) < 4.78 is 5.11. The van der Waals surface area contributed by atoms with E-state index in [9.17, 15) is 9.59 Å². The Morgan fingerprint density at radius 1 is 1.14 bits per heavy atom. The van der Waals surface area contributed by atoms with Crippen LogP contribution in [0.15, 0.2) is 48.5 Å². The number of amides is 3. The highest BCUT2D eigenvalue weighted by molar-refractivity contribution is 6.04. The van der Waals surface area contributed by atoms with Crippen LogP contribution in [0, 0.1) is 0 Å². The Bertz CT molecular complexity index is 669. The lowest BCUT2D eigenvalue weighted by Crippen LogP contribution is -2.28. The highest BCUT2D eigenvalue weighted by Crippen LogP contribution is 2.17. The molecule has 0 saturated carbocycles. The fraction of sp³-hybridized carbons (Fsp3) is 0.125. The summed E-state index contributed by atoms with van der Waals surface area (Å²) in [5.74, 6) is 0.452. The predicted molar refractivity (Wildman–Crippen MR) is 83.8 cm³/mol. The topological polar surface area (TPSA) is 93.4 Å². The van der Waals surface area contributed by atoms with Crippen LogP contribution in [0.5, 0.6) is 5.75 Å². The van der Waals surface area contributed by atoms with Gasteiger partial charge in [0, 0.05) is 23.9 Å². The summed E-state index contributed by atoms with van der Waals surface area (Å²) in [6.45, 7) is 0.327. The van der Waals surface area contributed by atoms with Crippen molar-refractivity contribution < 1.29 is 14.3 Å². The van der Waals surface area contributed by atoms with E-state index in [1.807, 2.05) is 0 Å². The Morgan fingerprint density at radius 2 is 1.86 bits per heavy atom. The summed E-state index contributed by atoms with van der Waals surface area (Å²) in [5, 5.41) is 5.28. The Morgan fingerprint density at radius 3 is 2.50 bits per heavy atom. The summed E-state index contributed by atoms with van der Waals surface area (Å²) >= 11 is 0. The second kappa shape index (κ2) is 7.12. The minimum Gasteiger partial charge on any atom is -0.497 e. The van der Waals surface area contributed by atoms with Crippen LogP contribution in [0.3, 0.4) is 0 Å². The smallest absolute Gasteiger partial charge is 0.312 e. The Balaban J connectivity index is 2.01. The van der Waals surface area contributed by atoms with Crippen molar-refractivity contribution in [1.82, 2.24) is 5.32 Å². The minimum absolute atomic E-state index is 0.220. The van der Waals surface area contributed by atoms with Crippen LogP contribution in [0.1, 0.15) is 15.9 Å². The first-order chi connectivity index (χ1) is 10.6. The first-order valence-corrected chi connectivity index (χ1v) is 6.66. The molecule has 3 amide bonds. The summed E-state index contributed by atoms with van der Waals surface area (Å²) in [6, 6.07) is 13.4. The van der Waals surface area contributed by atoms with Crippen LogP contribution in [0.4, 0.5) is 10.5 Å². The van der Waals surface area contributed by atoms with Crippen molar-refractivity contribution in [2.24, 2.45) is 5.73 Å². The summed E-state index contributed by atoms with van der Waals surface area (Å²) in [5.41, 5.74) is 7.04. The number of hydrogen-bond donors (Lipinski definition) is 3. The average Bonchev–Trinajstić information content (AvgIpc) is 2.53. The third-order valence-corrected chi connectivity index (χ3v) is 3.01. The maximum atomic E-state index is 12.1. The quantitative estimate of drug-likeness (QED) is 0.789. The SMILES string of the molecule is COc1cccc(NC(=O)c2ccc(CNC(N)=O)cc2)c1. The molecule has 2 aromatic rings. The maximum Gasteiger partial charge on any atom is 0.312 e. The number of benzene rings is 2. The van der Waals surface area contributed by atoms with E-state index in [0.717, 1.165) is 5.56 Å². The first-order valence-electron chi connectivity index (χ1n) is 6.66. The molecule has 0 unspecified atom stereocenters. The number of urea groups is 1. The van der Waals surface area contributed by atoms with Gasteiger partial charge >= 0.3 is 6.03 Å². The number of ether oxygens (including phenoxy) is 1. The van der Waals surface area contributed by atoms with E-state index < -0.39 is 6.03 Å². The number of nitrogens with one attached hydrogen (secondary N) is 2. The van der Waals surface area contributed by atoms with Gasteiger partial charge in [0.1, 0.15) is 5.75 Å². The zero-order chi connectivity index (χ0) is 15.9. The molecule has 0 spiro atoms. The van der Waals surface area contributed by atoms with Gasteiger partial charge in [0.25, 0.3) is 5.91 Å². The van der Waals surface area contributed by atoms with E-state index >= 15 is 0 Å². The summed E-state index contributed by atoms with van der Waals surface area (Å²) in [4.78, 5) is 22.8. The van der Waals surface area contributed by atoms with Crippen molar-refractivity contribution in [1.29, 1.82) is 0 Å². The maximum absolute atomic E-state index is 12.1. The number of rotatable bonds is 5. The molecule has 0 aliphatic carbocycles. The molecule has 0 heterocycles. The molecular weight excluding hydrogens is 282 g/mol. The lowest BCUT2D eigenvalue weighted by atomic mass is 10.1. The van der Waals surface area contributed by atoms with E-state index in [0.29, 0.717) is 23.5 Å². The first kappa shape index (κ1) is 15.4. The number of carbonyl (C=O) groups excluding carboxylic acids is 2. The second-order valence-electron chi connectivity index (χ2n) is 4.60. The van der Waals surface area contributed by atoms with E-state index in [1.54, 1.807) is 55.6 Å². The molecule has 0 saturated heterocycles. The van der Waals surface area contributed by atoms with Gasteiger partial charge in [0.05, 0.1) is 7.11 Å². The molecule has 2 aromatic carbocycles. The monoisotopic (exact) mass is 299 g/mol. The van der Waals surface area contributed by atoms with E-state index in [2.05, 4.69) is 10.6 Å². The average molecular weight is 299 g/mol. The second-order valence-corrected chi connectivity index (χ2v) is 4.60. The van der Waals surface area contributed by atoms with Gasteiger partial charge in [-0.15, -0.1) is 0 Å². The molecule has 6 nitrogen and oxygen atoms in total. The normalized spacial score (nSPS) is 9.86. The van der Waals surface area contributed by atoms with Gasteiger partial charge in [-0.05, 0) is 29.8 Å². The van der Waals surface area contributed by atoms with Crippen molar-refractivity contribution in [3.05, 3.63) is 59.7 Å². The largest absolute Gasteiger partial charge is 0.497 e. The standard InChI is InChI=1S/C16H17N3O3/c1-22-14-4-2-3-13(9-14)19-15(20)12-7-5-11(6-8-12)10-18-16(17)21/h2-9H,10H2,1H3,(H,19,20)(H3,17,18,21). The fourth-order valence-electron chi connectivity index (χ4n) is 1.87. The van der Waals surface area contributed by atoms with Crippen molar-refractivity contribution >= 4 is 17.6 Å². The molecule has 22 heavy (non-hydrogen) atoms. The number of nitrogens with two attached hydrogens (primary N) is 1. The summed E-state index contributed by atoms with van der Waals surface area (Å²) in [6.07, 6.45) is 0. The molecule has 0 bridgehead atoms. The Hall–Kier alpha value is -3.02. The zero-order valence-corrected chi connectivity index (χ0v) is 12.1. The number of carbonyl (C=O) groups is 2. The van der Waals surface area contributed by atoms with Crippen LogP contribution in [0.2, 0.25) is 0 Å². The Labute approximate surface area is 128 Å². The fourth-order valence-corrected chi connectivity index (χ4v) is 1.87. The van der Waals surface area contributed by atoms with Gasteiger partial charge in [-0.3, -0.25) is 4.79 Å². The van der Waals surface area contributed by atoms with Crippen LogP contribution in [0.25, 0.3) is 0 Å². The molecule has 4 N–H and O–H groups in total. The van der Waals surface area contributed by atoms with Crippen LogP contribution in [-0.2, 0) is 6.54 Å². The van der Waals surface area contributed by atoms with Gasteiger partial charge in [-0.1, -0.05) is 18.2 Å². The molecule has 2 rings (SSSR count). The third-order valence-electron chi connectivity index (χ3n) is 3.01. The molecular formula is C16H17N3O3. The molecule has 0 aliphatic rings. The molecule has 0 radical (unpaired) electrons. The third kappa shape index (κ3) is 4.24. The predicted octanol–water partition coefficient (Wildman–Crippen LogP) is 2.12. The number of anilines is 1. The van der Waals surface area contributed by atoms with Gasteiger partial charge in [0.15, 0.2) is 0 Å². The van der Waals surface area contributed by atoms with E-state index in [1.165, 1.54) is 0 Å². The van der Waals surface area contributed by atoms with Crippen molar-refractivity contribution in [2.45, 2.75) is 6.54 Å². The minimum atomic E-state index is -0.583. The lowest BCUT2D eigenvalue weighted by Gasteiger charge is -2.08. The van der Waals surface area contributed by atoms with Gasteiger partial charge in [-0.25, -0.2) is 4.79 Å². The zero-order valence-electron chi connectivity index (χ0n) is 12.1. The van der Waals surface area contributed by atoms with E-state index in [4.69, 9.17) is 10.5 Å². The molecule has 114 valence electrons.